The second kappa shape index (κ2) is 10.1. The van der Waals surface area contributed by atoms with Crippen LogP contribution in [-0.2, 0) is 30.4 Å². The van der Waals surface area contributed by atoms with E-state index in [1.54, 1.807) is 7.11 Å². The second-order valence-electron chi connectivity index (χ2n) is 9.81. The summed E-state index contributed by atoms with van der Waals surface area (Å²) in [7, 11) is 1.65. The van der Waals surface area contributed by atoms with Crippen LogP contribution >= 0.6 is 6.49 Å². The van der Waals surface area contributed by atoms with Crippen molar-refractivity contribution < 1.29 is 23.3 Å². The summed E-state index contributed by atoms with van der Waals surface area (Å²) in [5.41, 5.74) is 3.90. The largest absolute Gasteiger partial charge is 0.497 e. The molecular formula is C27H35O5PS. The lowest BCUT2D eigenvalue weighted by molar-refractivity contribution is -0.138. The zero-order valence-electron chi connectivity index (χ0n) is 20.8. The lowest BCUT2D eigenvalue weighted by Crippen LogP contribution is -2.36. The van der Waals surface area contributed by atoms with E-state index >= 15 is 0 Å². The highest BCUT2D eigenvalue weighted by molar-refractivity contribution is 8.13. The maximum atomic E-state index is 12.2. The van der Waals surface area contributed by atoms with Crippen molar-refractivity contribution in [2.75, 3.05) is 7.11 Å². The first-order valence-electron chi connectivity index (χ1n) is 12.0. The Kier molecular flexibility index (Phi) is 7.54. The predicted molar refractivity (Wildman–Crippen MR) is 139 cm³/mol. The van der Waals surface area contributed by atoms with Gasteiger partial charge in [0, 0.05) is 10.9 Å². The van der Waals surface area contributed by atoms with Crippen LogP contribution in [0.2, 0.25) is 0 Å². The number of carbonyl (C=O) groups is 1. The van der Waals surface area contributed by atoms with Crippen molar-refractivity contribution in [1.82, 2.24) is 0 Å². The highest BCUT2D eigenvalue weighted by atomic mass is 32.5. The summed E-state index contributed by atoms with van der Waals surface area (Å²) in [6.45, 7) is 5.64. The van der Waals surface area contributed by atoms with E-state index in [0.29, 0.717) is 0 Å². The first-order chi connectivity index (χ1) is 16.1. The molecule has 1 saturated heterocycles. The van der Waals surface area contributed by atoms with Crippen molar-refractivity contribution in [3.8, 4) is 5.75 Å². The summed E-state index contributed by atoms with van der Waals surface area (Å²) in [5.74, 6) is 0.585. The van der Waals surface area contributed by atoms with Gasteiger partial charge in [-0.05, 0) is 114 Å². The van der Waals surface area contributed by atoms with Crippen LogP contribution in [0.3, 0.4) is 0 Å². The fraction of sp³-hybridized carbons (Fsp3) is 0.519. The molecule has 0 amide bonds. The molecule has 0 bridgehead atoms. The molecule has 0 spiro atoms. The molecule has 2 heterocycles. The van der Waals surface area contributed by atoms with Crippen LogP contribution in [0.5, 0.6) is 5.75 Å². The third kappa shape index (κ3) is 5.26. The Bertz CT molecular complexity index is 1090. The maximum Gasteiger partial charge on any atom is 0.334 e. The fourth-order valence-corrected chi connectivity index (χ4v) is 8.29. The Morgan fingerprint density at radius 2 is 1.82 bits per heavy atom. The van der Waals surface area contributed by atoms with Gasteiger partial charge in [-0.25, -0.2) is 4.79 Å². The van der Waals surface area contributed by atoms with Crippen molar-refractivity contribution in [3.63, 3.8) is 0 Å². The quantitative estimate of drug-likeness (QED) is 0.269. The molecule has 0 aromatic heterocycles. The van der Waals surface area contributed by atoms with Gasteiger partial charge in [0.05, 0.1) is 18.8 Å². The molecule has 7 heteroatoms. The van der Waals surface area contributed by atoms with Gasteiger partial charge in [0.25, 0.3) is 0 Å². The molecule has 1 aromatic rings. The highest BCUT2D eigenvalue weighted by Crippen LogP contribution is 2.61. The number of hydrogen-bond acceptors (Lipinski definition) is 6. The molecule has 184 valence electrons. The van der Waals surface area contributed by atoms with E-state index in [0.717, 1.165) is 60.7 Å². The van der Waals surface area contributed by atoms with Gasteiger partial charge in [0.15, 0.2) is 0 Å². The van der Waals surface area contributed by atoms with Gasteiger partial charge in [0.2, 0.25) is 6.49 Å². The molecular weight excluding hydrogens is 467 g/mol. The van der Waals surface area contributed by atoms with Gasteiger partial charge in [-0.2, -0.15) is 0 Å². The Morgan fingerprint density at radius 1 is 1.09 bits per heavy atom. The summed E-state index contributed by atoms with van der Waals surface area (Å²) >= 11 is 6.02. The number of methoxy groups -OCH3 is 1. The molecule has 1 unspecified atom stereocenters. The van der Waals surface area contributed by atoms with Crippen molar-refractivity contribution >= 4 is 29.6 Å². The molecule has 34 heavy (non-hydrogen) atoms. The van der Waals surface area contributed by atoms with Gasteiger partial charge in [-0.15, -0.1) is 0 Å². The lowest BCUT2D eigenvalue weighted by Gasteiger charge is -2.28. The minimum atomic E-state index is -2.64. The monoisotopic (exact) mass is 502 g/mol. The third-order valence-corrected chi connectivity index (χ3v) is 10.4. The van der Waals surface area contributed by atoms with Gasteiger partial charge < -0.3 is 18.5 Å². The minimum Gasteiger partial charge on any atom is -0.497 e. The molecule has 3 aliphatic rings. The number of fused-ring (bicyclic) bond motifs is 2. The average molecular weight is 503 g/mol. The Balaban J connectivity index is 1.61. The molecule has 0 saturated carbocycles. The molecule has 2 aliphatic heterocycles. The van der Waals surface area contributed by atoms with Gasteiger partial charge >= 0.3 is 5.97 Å². The first kappa shape index (κ1) is 25.4. The van der Waals surface area contributed by atoms with Crippen LogP contribution < -0.4 is 10.0 Å². The number of esters is 1. The van der Waals surface area contributed by atoms with Crippen LogP contribution in [0.4, 0.5) is 0 Å². The molecule has 1 aliphatic carbocycles. The number of rotatable bonds is 2. The molecule has 1 aromatic carbocycles. The van der Waals surface area contributed by atoms with E-state index in [1.165, 1.54) is 11.1 Å². The first-order valence-corrected chi connectivity index (χ1v) is 14.6. The van der Waals surface area contributed by atoms with E-state index in [9.17, 15) is 4.79 Å². The van der Waals surface area contributed by atoms with E-state index < -0.39 is 12.1 Å². The van der Waals surface area contributed by atoms with Crippen molar-refractivity contribution in [2.24, 2.45) is 0 Å². The standard InChI is InChI=1S/C27H35O5PS/c1-18-7-6-16-27(4)25(31-33(34,32-27)22-12-10-21(29-5)11-13-22)15-9-19(2)17-24-23(14-8-18)20(3)26(28)30-24/h7,10-13,17,24-25H,6,8-9,14-16H2,1-5H3/b18-7+,19-17+/t24-,25-,27+,33?/m0/s1. The molecule has 4 atom stereocenters. The molecule has 0 radical (unpaired) electrons. The maximum absolute atomic E-state index is 12.2. The lowest BCUT2D eigenvalue weighted by atomic mass is 9.88. The van der Waals surface area contributed by atoms with Crippen LogP contribution in [0.15, 0.2) is 58.7 Å². The highest BCUT2D eigenvalue weighted by Gasteiger charge is 2.49. The number of benzene rings is 1. The summed E-state index contributed by atoms with van der Waals surface area (Å²) in [6, 6.07) is 7.74. The Hall–Kier alpha value is -1.72. The van der Waals surface area contributed by atoms with Gasteiger partial charge in [-0.1, -0.05) is 17.2 Å². The Labute approximate surface area is 208 Å². The van der Waals surface area contributed by atoms with Crippen LogP contribution in [0.25, 0.3) is 0 Å². The smallest absolute Gasteiger partial charge is 0.334 e. The average Bonchev–Trinajstić information content (AvgIpc) is 3.22. The molecule has 0 N–H and O–H groups in total. The summed E-state index contributed by atoms with van der Waals surface area (Å²) in [5, 5.41) is 0.914. The fourth-order valence-electron chi connectivity index (χ4n) is 4.90. The number of ether oxygens (including phenoxy) is 2. The molecule has 5 nitrogen and oxygen atoms in total. The molecule has 4 rings (SSSR count). The van der Waals surface area contributed by atoms with Crippen molar-refractivity contribution in [2.45, 2.75) is 84.0 Å². The van der Waals surface area contributed by atoms with E-state index in [1.807, 2.05) is 31.2 Å². The predicted octanol–water partition coefficient (Wildman–Crippen LogP) is 6.29. The Morgan fingerprint density at radius 3 is 2.53 bits per heavy atom. The summed E-state index contributed by atoms with van der Waals surface area (Å²) in [4.78, 5) is 12.2. The second-order valence-corrected chi connectivity index (χ2v) is 13.2. The number of hydrogen-bond donors (Lipinski definition) is 0. The molecule has 1 fully saturated rings. The van der Waals surface area contributed by atoms with E-state index in [4.69, 9.17) is 30.3 Å². The van der Waals surface area contributed by atoms with Gasteiger partial charge in [-0.3, -0.25) is 0 Å². The van der Waals surface area contributed by atoms with Gasteiger partial charge in [0.1, 0.15) is 11.9 Å². The van der Waals surface area contributed by atoms with Crippen molar-refractivity contribution in [3.05, 3.63) is 58.7 Å². The third-order valence-electron chi connectivity index (χ3n) is 7.19. The van der Waals surface area contributed by atoms with Crippen molar-refractivity contribution in [1.29, 1.82) is 0 Å². The zero-order chi connectivity index (χ0) is 24.5. The topological polar surface area (TPSA) is 54.0 Å². The minimum absolute atomic E-state index is 0.108. The SMILES string of the molecule is COc1ccc(P2(=S)O[C@H]3CC/C(C)=C/[C@@H]4OC(=O)C(C)=C4CC/C(C)=C/CC[C@@]3(C)O2)cc1. The van der Waals surface area contributed by atoms with E-state index in [-0.39, 0.29) is 18.2 Å². The van der Waals surface area contributed by atoms with Crippen LogP contribution in [0.1, 0.15) is 66.2 Å². The normalized spacial score (nSPS) is 35.9. The summed E-state index contributed by atoms with van der Waals surface area (Å²) in [6.07, 6.45) is 9.14. The van der Waals surface area contributed by atoms with Crippen LogP contribution in [0, 0.1) is 0 Å². The zero-order valence-corrected chi connectivity index (χ0v) is 22.5. The van der Waals surface area contributed by atoms with Crippen LogP contribution in [-0.4, -0.2) is 30.9 Å². The number of carbonyl (C=O) groups excluding carboxylic acids is 1. The summed E-state index contributed by atoms with van der Waals surface area (Å²) < 4.78 is 24.2. The number of allylic oxidation sites excluding steroid dienone is 3. The van der Waals surface area contributed by atoms with E-state index in [2.05, 4.69) is 32.9 Å².